The first kappa shape index (κ1) is 12.6. The number of allylic oxidation sites excluding steroid dienone is 1. The summed E-state index contributed by atoms with van der Waals surface area (Å²) in [6.45, 7) is 7.45. The summed E-state index contributed by atoms with van der Waals surface area (Å²) in [6.07, 6.45) is 1.78. The van der Waals surface area contributed by atoms with Gasteiger partial charge in [0.2, 0.25) is 0 Å². The molecule has 0 aromatic heterocycles. The molecule has 16 heavy (non-hydrogen) atoms. The summed E-state index contributed by atoms with van der Waals surface area (Å²) in [5, 5.41) is 0. The number of rotatable bonds is 2. The molecular formula is C14H17FO. The predicted molar refractivity (Wildman–Crippen MR) is 64.5 cm³/mol. The number of carbonyl (C=O) groups is 1. The van der Waals surface area contributed by atoms with Crippen molar-refractivity contribution in [2.45, 2.75) is 27.7 Å². The third kappa shape index (κ3) is 3.30. The smallest absolute Gasteiger partial charge is 0.163 e. The Morgan fingerprint density at radius 1 is 1.19 bits per heavy atom. The van der Waals surface area contributed by atoms with Crippen LogP contribution in [0.4, 0.5) is 4.39 Å². The van der Waals surface area contributed by atoms with Gasteiger partial charge in [0.05, 0.1) is 0 Å². The molecule has 0 aliphatic rings. The number of hydrogen-bond acceptors (Lipinski definition) is 1. The molecule has 0 spiro atoms. The van der Waals surface area contributed by atoms with Gasteiger partial charge >= 0.3 is 0 Å². The van der Waals surface area contributed by atoms with Crippen LogP contribution < -0.4 is 0 Å². The van der Waals surface area contributed by atoms with E-state index in [1.807, 2.05) is 20.8 Å². The van der Waals surface area contributed by atoms with Crippen LogP contribution in [-0.4, -0.2) is 5.78 Å². The monoisotopic (exact) mass is 220 g/mol. The number of halogens is 1. The lowest BCUT2D eigenvalue weighted by Crippen LogP contribution is -2.20. The Bertz CT molecular complexity index is 407. The molecule has 1 aromatic rings. The average Bonchev–Trinajstić information content (AvgIpc) is 2.19. The van der Waals surface area contributed by atoms with Crippen molar-refractivity contribution in [2.75, 3.05) is 0 Å². The van der Waals surface area contributed by atoms with Crippen molar-refractivity contribution in [3.63, 3.8) is 0 Å². The largest absolute Gasteiger partial charge is 0.294 e. The van der Waals surface area contributed by atoms with E-state index in [1.54, 1.807) is 25.1 Å². The zero-order chi connectivity index (χ0) is 12.3. The molecular weight excluding hydrogens is 203 g/mol. The molecule has 0 unspecified atom stereocenters. The minimum Gasteiger partial charge on any atom is -0.294 e. The Kier molecular flexibility index (Phi) is 3.63. The first-order valence-corrected chi connectivity index (χ1v) is 5.29. The molecule has 86 valence electrons. The van der Waals surface area contributed by atoms with Gasteiger partial charge < -0.3 is 0 Å². The second-order valence-electron chi connectivity index (χ2n) is 4.96. The Labute approximate surface area is 96.0 Å². The second-order valence-corrected chi connectivity index (χ2v) is 4.96. The molecule has 0 amide bonds. The number of Topliss-reactive ketones (excluding diaryl/α,β-unsaturated/α-hetero) is 1. The Balaban J connectivity index is 2.93. The standard InChI is InChI=1S/C14H17FO/c1-10(13(16)14(2,3)4)9-11-5-7-12(15)8-6-11/h5-9H,1-4H3/b10-9+. The van der Waals surface area contributed by atoms with E-state index in [4.69, 9.17) is 0 Å². The van der Waals surface area contributed by atoms with Gasteiger partial charge in [0.25, 0.3) is 0 Å². The van der Waals surface area contributed by atoms with Crippen LogP contribution in [0.2, 0.25) is 0 Å². The van der Waals surface area contributed by atoms with E-state index < -0.39 is 0 Å². The molecule has 1 rings (SSSR count). The van der Waals surface area contributed by atoms with Crippen LogP contribution in [0, 0.1) is 11.2 Å². The number of ketones is 1. The lowest BCUT2D eigenvalue weighted by atomic mass is 9.86. The first-order valence-electron chi connectivity index (χ1n) is 5.29. The maximum Gasteiger partial charge on any atom is 0.163 e. The number of carbonyl (C=O) groups excluding carboxylic acids is 1. The van der Waals surface area contributed by atoms with Crippen molar-refractivity contribution in [3.8, 4) is 0 Å². The molecule has 1 nitrogen and oxygen atoms in total. The third-order valence-corrected chi connectivity index (χ3v) is 2.29. The molecule has 0 heterocycles. The lowest BCUT2D eigenvalue weighted by molar-refractivity contribution is -0.122. The number of benzene rings is 1. The summed E-state index contributed by atoms with van der Waals surface area (Å²) < 4.78 is 12.7. The highest BCUT2D eigenvalue weighted by molar-refractivity contribution is 6.02. The molecule has 0 bridgehead atoms. The fourth-order valence-corrected chi connectivity index (χ4v) is 1.47. The Morgan fingerprint density at radius 3 is 2.12 bits per heavy atom. The fourth-order valence-electron chi connectivity index (χ4n) is 1.47. The quantitative estimate of drug-likeness (QED) is 0.692. The van der Waals surface area contributed by atoms with Crippen LogP contribution in [0.3, 0.4) is 0 Å². The average molecular weight is 220 g/mol. The molecule has 0 saturated carbocycles. The summed E-state index contributed by atoms with van der Waals surface area (Å²) >= 11 is 0. The van der Waals surface area contributed by atoms with Crippen LogP contribution in [0.15, 0.2) is 29.8 Å². The normalized spacial score (nSPS) is 12.7. The molecule has 0 aliphatic carbocycles. The minimum absolute atomic E-state index is 0.108. The summed E-state index contributed by atoms with van der Waals surface area (Å²) in [6, 6.07) is 6.10. The SMILES string of the molecule is C/C(=C\c1ccc(F)cc1)C(=O)C(C)(C)C. The van der Waals surface area contributed by atoms with Gasteiger partial charge in [-0.15, -0.1) is 0 Å². The zero-order valence-corrected chi connectivity index (χ0v) is 10.2. The van der Waals surface area contributed by atoms with Gasteiger partial charge in [-0.05, 0) is 36.3 Å². The maximum absolute atomic E-state index is 12.7. The van der Waals surface area contributed by atoms with Crippen molar-refractivity contribution >= 4 is 11.9 Å². The summed E-state index contributed by atoms with van der Waals surface area (Å²) in [5.74, 6) is -0.159. The highest BCUT2D eigenvalue weighted by atomic mass is 19.1. The zero-order valence-electron chi connectivity index (χ0n) is 10.2. The van der Waals surface area contributed by atoms with Gasteiger partial charge in [0.15, 0.2) is 5.78 Å². The predicted octanol–water partition coefficient (Wildman–Crippen LogP) is 3.84. The summed E-state index contributed by atoms with van der Waals surface area (Å²) in [5.41, 5.74) is 1.16. The van der Waals surface area contributed by atoms with Crippen molar-refractivity contribution < 1.29 is 9.18 Å². The molecule has 0 aliphatic heterocycles. The van der Waals surface area contributed by atoms with Crippen molar-refractivity contribution in [3.05, 3.63) is 41.2 Å². The Morgan fingerprint density at radius 2 is 1.69 bits per heavy atom. The van der Waals surface area contributed by atoms with E-state index in [0.717, 1.165) is 5.56 Å². The first-order chi connectivity index (χ1) is 7.30. The molecule has 0 atom stereocenters. The second kappa shape index (κ2) is 4.60. The van der Waals surface area contributed by atoms with Crippen molar-refractivity contribution in [1.82, 2.24) is 0 Å². The fraction of sp³-hybridized carbons (Fsp3) is 0.357. The topological polar surface area (TPSA) is 17.1 Å². The van der Waals surface area contributed by atoms with Crippen LogP contribution in [0.5, 0.6) is 0 Å². The van der Waals surface area contributed by atoms with Gasteiger partial charge in [-0.1, -0.05) is 32.9 Å². The third-order valence-electron chi connectivity index (χ3n) is 2.29. The molecule has 2 heteroatoms. The van der Waals surface area contributed by atoms with E-state index in [0.29, 0.717) is 5.57 Å². The Hall–Kier alpha value is -1.44. The molecule has 0 saturated heterocycles. The molecule has 0 N–H and O–H groups in total. The van der Waals surface area contributed by atoms with E-state index in [9.17, 15) is 9.18 Å². The molecule has 1 aromatic carbocycles. The van der Waals surface area contributed by atoms with Crippen LogP contribution >= 0.6 is 0 Å². The van der Waals surface area contributed by atoms with E-state index >= 15 is 0 Å². The molecule has 0 radical (unpaired) electrons. The van der Waals surface area contributed by atoms with E-state index in [-0.39, 0.29) is 17.0 Å². The summed E-state index contributed by atoms with van der Waals surface area (Å²) in [7, 11) is 0. The number of hydrogen-bond donors (Lipinski definition) is 0. The van der Waals surface area contributed by atoms with Gasteiger partial charge in [0, 0.05) is 5.41 Å². The van der Waals surface area contributed by atoms with Gasteiger partial charge in [-0.25, -0.2) is 4.39 Å². The van der Waals surface area contributed by atoms with Gasteiger partial charge in [-0.2, -0.15) is 0 Å². The van der Waals surface area contributed by atoms with E-state index in [2.05, 4.69) is 0 Å². The van der Waals surface area contributed by atoms with Gasteiger partial charge in [-0.3, -0.25) is 4.79 Å². The van der Waals surface area contributed by atoms with Crippen molar-refractivity contribution in [1.29, 1.82) is 0 Å². The summed E-state index contributed by atoms with van der Waals surface area (Å²) in [4.78, 5) is 11.9. The maximum atomic E-state index is 12.7. The van der Waals surface area contributed by atoms with Gasteiger partial charge in [0.1, 0.15) is 5.82 Å². The van der Waals surface area contributed by atoms with Crippen LogP contribution in [-0.2, 0) is 4.79 Å². The lowest BCUT2D eigenvalue weighted by Gasteiger charge is -2.16. The molecule has 0 fully saturated rings. The highest BCUT2D eigenvalue weighted by Crippen LogP contribution is 2.21. The van der Waals surface area contributed by atoms with Crippen molar-refractivity contribution in [2.24, 2.45) is 5.41 Å². The minimum atomic E-state index is -0.374. The van der Waals surface area contributed by atoms with E-state index in [1.165, 1.54) is 12.1 Å². The highest BCUT2D eigenvalue weighted by Gasteiger charge is 2.22. The van der Waals surface area contributed by atoms with Crippen LogP contribution in [0.25, 0.3) is 6.08 Å². The van der Waals surface area contributed by atoms with Crippen LogP contribution in [0.1, 0.15) is 33.3 Å².